The number of carbonyl (C=O) groups is 2. The number of benzene rings is 2. The third-order valence-corrected chi connectivity index (χ3v) is 6.33. The molecule has 4 rings (SSSR count). The quantitative estimate of drug-likeness (QED) is 0.752. The van der Waals surface area contributed by atoms with Crippen LogP contribution in [0.3, 0.4) is 0 Å². The second-order valence-electron chi connectivity index (χ2n) is 8.38. The maximum atomic E-state index is 13.0. The average molecular weight is 437 g/mol. The SMILES string of the molecule is CC(C(=O)Nc1ccccc1-c1ccccc1)N1CCN(CC(=O)N2CCOCC2)CC1. The summed E-state index contributed by atoms with van der Waals surface area (Å²) in [6.45, 7) is 8.12. The van der Waals surface area contributed by atoms with Gasteiger partial charge in [0.25, 0.3) is 0 Å². The number of nitrogens with zero attached hydrogens (tertiary/aromatic N) is 3. The van der Waals surface area contributed by atoms with Crippen molar-refractivity contribution in [2.24, 2.45) is 0 Å². The lowest BCUT2D eigenvalue weighted by Crippen LogP contribution is -2.55. The van der Waals surface area contributed by atoms with Crippen molar-refractivity contribution in [1.82, 2.24) is 14.7 Å². The van der Waals surface area contributed by atoms with Crippen LogP contribution >= 0.6 is 0 Å². The summed E-state index contributed by atoms with van der Waals surface area (Å²) in [5, 5.41) is 3.13. The van der Waals surface area contributed by atoms with Crippen LogP contribution in [-0.4, -0.2) is 91.6 Å². The van der Waals surface area contributed by atoms with E-state index in [0.29, 0.717) is 32.8 Å². The van der Waals surface area contributed by atoms with Crippen molar-refractivity contribution in [3.05, 3.63) is 54.6 Å². The van der Waals surface area contributed by atoms with Gasteiger partial charge in [-0.1, -0.05) is 48.5 Å². The fourth-order valence-corrected chi connectivity index (χ4v) is 4.28. The number of amides is 2. The number of hydrogen-bond acceptors (Lipinski definition) is 5. The van der Waals surface area contributed by atoms with Crippen molar-refractivity contribution in [2.75, 3.05) is 64.3 Å². The third kappa shape index (κ3) is 5.54. The van der Waals surface area contributed by atoms with E-state index < -0.39 is 0 Å². The molecule has 2 aromatic carbocycles. The van der Waals surface area contributed by atoms with E-state index in [-0.39, 0.29) is 17.9 Å². The monoisotopic (exact) mass is 436 g/mol. The Morgan fingerprint density at radius 3 is 2.28 bits per heavy atom. The van der Waals surface area contributed by atoms with Gasteiger partial charge >= 0.3 is 0 Å². The maximum absolute atomic E-state index is 13.0. The minimum absolute atomic E-state index is 0.00813. The van der Waals surface area contributed by atoms with Crippen LogP contribution < -0.4 is 5.32 Å². The summed E-state index contributed by atoms with van der Waals surface area (Å²) in [6.07, 6.45) is 0. The summed E-state index contributed by atoms with van der Waals surface area (Å²) in [5.74, 6) is 0.163. The lowest BCUT2D eigenvalue weighted by molar-refractivity contribution is -0.137. The molecule has 1 N–H and O–H groups in total. The first-order chi connectivity index (χ1) is 15.6. The fourth-order valence-electron chi connectivity index (χ4n) is 4.28. The fraction of sp³-hybridized carbons (Fsp3) is 0.440. The minimum atomic E-state index is -0.240. The number of ether oxygens (including phenoxy) is 1. The first-order valence-corrected chi connectivity index (χ1v) is 11.4. The van der Waals surface area contributed by atoms with Crippen molar-refractivity contribution in [1.29, 1.82) is 0 Å². The molecular formula is C25H32N4O3. The van der Waals surface area contributed by atoms with Crippen LogP contribution in [-0.2, 0) is 14.3 Å². The molecule has 2 fully saturated rings. The summed E-state index contributed by atoms with van der Waals surface area (Å²) < 4.78 is 5.33. The molecule has 0 aliphatic carbocycles. The van der Waals surface area contributed by atoms with E-state index >= 15 is 0 Å². The zero-order valence-corrected chi connectivity index (χ0v) is 18.7. The maximum Gasteiger partial charge on any atom is 0.241 e. The normalized spacial score (nSPS) is 18.8. The highest BCUT2D eigenvalue weighted by Gasteiger charge is 2.28. The highest BCUT2D eigenvalue weighted by molar-refractivity contribution is 5.98. The summed E-state index contributed by atoms with van der Waals surface area (Å²) in [7, 11) is 0. The molecule has 1 unspecified atom stereocenters. The number of para-hydroxylation sites is 1. The molecule has 0 spiro atoms. The van der Waals surface area contributed by atoms with Gasteiger partial charge in [-0.25, -0.2) is 0 Å². The molecule has 2 aromatic rings. The molecular weight excluding hydrogens is 404 g/mol. The third-order valence-electron chi connectivity index (χ3n) is 6.33. The number of carbonyl (C=O) groups excluding carboxylic acids is 2. The molecule has 2 aliphatic rings. The number of piperazine rings is 1. The van der Waals surface area contributed by atoms with Crippen LogP contribution in [0.15, 0.2) is 54.6 Å². The number of anilines is 1. The van der Waals surface area contributed by atoms with Gasteiger partial charge in [-0.3, -0.25) is 19.4 Å². The van der Waals surface area contributed by atoms with Gasteiger partial charge in [-0.2, -0.15) is 0 Å². The Morgan fingerprint density at radius 2 is 1.56 bits per heavy atom. The standard InChI is InChI=1S/C25H32N4O3/c1-20(25(31)26-23-10-6-5-9-22(23)21-7-3-2-4-8-21)28-13-11-27(12-14-28)19-24(30)29-15-17-32-18-16-29/h2-10,20H,11-19H2,1H3,(H,26,31). The van der Waals surface area contributed by atoms with Crippen molar-refractivity contribution < 1.29 is 14.3 Å². The van der Waals surface area contributed by atoms with Gasteiger partial charge in [0.2, 0.25) is 11.8 Å². The molecule has 2 saturated heterocycles. The van der Waals surface area contributed by atoms with Crippen LogP contribution in [0.25, 0.3) is 11.1 Å². The topological polar surface area (TPSA) is 65.1 Å². The summed E-state index contributed by atoms with van der Waals surface area (Å²) in [4.78, 5) is 31.8. The van der Waals surface area contributed by atoms with Crippen molar-refractivity contribution in [2.45, 2.75) is 13.0 Å². The molecule has 0 radical (unpaired) electrons. The van der Waals surface area contributed by atoms with Gasteiger partial charge in [0.05, 0.1) is 25.8 Å². The van der Waals surface area contributed by atoms with Crippen molar-refractivity contribution in [3.63, 3.8) is 0 Å². The highest BCUT2D eigenvalue weighted by Crippen LogP contribution is 2.27. The lowest BCUT2D eigenvalue weighted by atomic mass is 10.0. The van der Waals surface area contributed by atoms with E-state index in [2.05, 4.69) is 15.1 Å². The molecule has 7 nitrogen and oxygen atoms in total. The molecule has 2 heterocycles. The Morgan fingerprint density at radius 1 is 0.906 bits per heavy atom. The van der Waals surface area contributed by atoms with E-state index in [1.807, 2.05) is 66.4 Å². The smallest absolute Gasteiger partial charge is 0.241 e. The number of hydrogen-bond donors (Lipinski definition) is 1. The van der Waals surface area contributed by atoms with Crippen molar-refractivity contribution in [3.8, 4) is 11.1 Å². The van der Waals surface area contributed by atoms with Gasteiger partial charge in [0, 0.05) is 50.5 Å². The predicted molar refractivity (Wildman–Crippen MR) is 125 cm³/mol. The van der Waals surface area contributed by atoms with E-state index in [1.165, 1.54) is 0 Å². The van der Waals surface area contributed by atoms with E-state index in [1.54, 1.807) is 0 Å². The van der Waals surface area contributed by atoms with Crippen LogP contribution in [0, 0.1) is 0 Å². The van der Waals surface area contributed by atoms with E-state index in [4.69, 9.17) is 4.74 Å². The number of nitrogens with one attached hydrogen (secondary N) is 1. The Bertz CT molecular complexity index is 906. The predicted octanol–water partition coefficient (Wildman–Crippen LogP) is 2.16. The first kappa shape index (κ1) is 22.5. The Hall–Kier alpha value is -2.74. The summed E-state index contributed by atoms with van der Waals surface area (Å²) in [5.41, 5.74) is 2.92. The van der Waals surface area contributed by atoms with Gasteiger partial charge in [-0.05, 0) is 18.6 Å². The highest BCUT2D eigenvalue weighted by atomic mass is 16.5. The summed E-state index contributed by atoms with van der Waals surface area (Å²) >= 11 is 0. The minimum Gasteiger partial charge on any atom is -0.378 e. The molecule has 170 valence electrons. The van der Waals surface area contributed by atoms with Gasteiger partial charge in [0.15, 0.2) is 0 Å². The Balaban J connectivity index is 1.30. The van der Waals surface area contributed by atoms with Gasteiger partial charge in [-0.15, -0.1) is 0 Å². The second-order valence-corrected chi connectivity index (χ2v) is 8.38. The molecule has 0 bridgehead atoms. The lowest BCUT2D eigenvalue weighted by Gasteiger charge is -2.38. The number of morpholine rings is 1. The van der Waals surface area contributed by atoms with E-state index in [0.717, 1.165) is 43.0 Å². The van der Waals surface area contributed by atoms with E-state index in [9.17, 15) is 9.59 Å². The van der Waals surface area contributed by atoms with Crippen molar-refractivity contribution >= 4 is 17.5 Å². The first-order valence-electron chi connectivity index (χ1n) is 11.4. The molecule has 2 aliphatic heterocycles. The average Bonchev–Trinajstić information content (AvgIpc) is 2.85. The van der Waals surface area contributed by atoms with Crippen LogP contribution in [0.2, 0.25) is 0 Å². The van der Waals surface area contributed by atoms with Crippen LogP contribution in [0.5, 0.6) is 0 Å². The van der Waals surface area contributed by atoms with Crippen LogP contribution in [0.1, 0.15) is 6.92 Å². The Labute approximate surface area is 189 Å². The molecule has 1 atom stereocenters. The Kier molecular flexibility index (Phi) is 7.52. The van der Waals surface area contributed by atoms with Gasteiger partial charge in [0.1, 0.15) is 0 Å². The molecule has 7 heteroatoms. The second kappa shape index (κ2) is 10.7. The number of rotatable bonds is 6. The largest absolute Gasteiger partial charge is 0.378 e. The summed E-state index contributed by atoms with van der Waals surface area (Å²) in [6, 6.07) is 17.7. The molecule has 0 aromatic heterocycles. The van der Waals surface area contributed by atoms with Gasteiger partial charge < -0.3 is 15.0 Å². The molecule has 0 saturated carbocycles. The zero-order valence-electron chi connectivity index (χ0n) is 18.7. The molecule has 2 amide bonds. The van der Waals surface area contributed by atoms with Crippen LogP contribution in [0.4, 0.5) is 5.69 Å². The molecule has 32 heavy (non-hydrogen) atoms. The zero-order chi connectivity index (χ0) is 22.3.